The minimum Gasteiger partial charge on any atom is -0.350 e. The van der Waals surface area contributed by atoms with Crippen LogP contribution in [0.25, 0.3) is 10.9 Å². The monoisotopic (exact) mass is 520 g/mol. The molecule has 5 nitrogen and oxygen atoms in total. The smallest absolute Gasteiger partial charge is 0.268 e. The van der Waals surface area contributed by atoms with E-state index in [1.165, 1.54) is 7.11 Å². The number of benzene rings is 3. The van der Waals surface area contributed by atoms with E-state index in [0.717, 1.165) is 17.2 Å². The summed E-state index contributed by atoms with van der Waals surface area (Å²) in [5.74, 6) is -4.45. The van der Waals surface area contributed by atoms with Crippen LogP contribution in [0.4, 0.5) is 13.2 Å². The zero-order valence-electron chi connectivity index (χ0n) is 19.0. The van der Waals surface area contributed by atoms with E-state index in [1.54, 1.807) is 30.3 Å². The summed E-state index contributed by atoms with van der Waals surface area (Å²) in [4.78, 5) is 16.2. The number of fused-ring (bicyclic) bond motifs is 1. The number of carbonyl (C=O) groups is 1. The van der Waals surface area contributed by atoms with Crippen LogP contribution in [0.3, 0.4) is 0 Å². The van der Waals surface area contributed by atoms with Crippen molar-refractivity contribution >= 4 is 46.4 Å². The summed E-state index contributed by atoms with van der Waals surface area (Å²) in [6.45, 7) is 3.06. The van der Waals surface area contributed by atoms with Crippen molar-refractivity contribution in [3.8, 4) is 0 Å². The Morgan fingerprint density at radius 1 is 1.03 bits per heavy atom. The molecule has 3 aromatic carbocycles. The maximum atomic E-state index is 14.4. The number of aryl methyl sites for hydroxylation is 2. The highest BCUT2D eigenvalue weighted by Gasteiger charge is 2.36. The number of aromatic nitrogens is 1. The molecule has 1 heterocycles. The van der Waals surface area contributed by atoms with Gasteiger partial charge in [-0.2, -0.15) is 0 Å². The first-order valence-electron chi connectivity index (χ1n) is 10.5. The van der Waals surface area contributed by atoms with Gasteiger partial charge in [0.1, 0.15) is 11.5 Å². The molecular weight excluding hydrogens is 500 g/mol. The van der Waals surface area contributed by atoms with E-state index in [0.29, 0.717) is 27.3 Å². The molecule has 0 fully saturated rings. The largest absolute Gasteiger partial charge is 0.350 e. The summed E-state index contributed by atoms with van der Waals surface area (Å²) >= 11 is 6.20. The highest BCUT2D eigenvalue weighted by molar-refractivity contribution is 7.75. The lowest BCUT2D eigenvalue weighted by atomic mass is 10.2. The van der Waals surface area contributed by atoms with Crippen LogP contribution < -0.4 is 15.9 Å². The highest BCUT2D eigenvalue weighted by atomic mass is 35.5. The quantitative estimate of drug-likeness (QED) is 0.254. The number of H-pyrrole nitrogens is 1. The third kappa shape index (κ3) is 4.61. The standard InChI is InChI=1S/C25H21ClF3N2O3P/c1-13-8-14(2)10-16(9-13)35(33,34-3)24-17-11-15(26)4-7-21(17)31-23(24)25(32)30-12-18-19(27)5-6-20(28)22(18)29/h4-11,31H,12H2,1-3H3,(H,30,32). The second-order valence-electron chi connectivity index (χ2n) is 8.12. The summed E-state index contributed by atoms with van der Waals surface area (Å²) in [5, 5.41) is 3.57. The van der Waals surface area contributed by atoms with E-state index in [4.69, 9.17) is 16.1 Å². The number of hydrogen-bond donors (Lipinski definition) is 2. The van der Waals surface area contributed by atoms with Crippen molar-refractivity contribution in [3.63, 3.8) is 0 Å². The third-order valence-corrected chi connectivity index (χ3v) is 8.36. The Hall–Kier alpha value is -3.06. The Labute approximate surface area is 204 Å². The normalized spacial score (nSPS) is 13.1. The molecule has 0 radical (unpaired) electrons. The molecule has 0 aliphatic heterocycles. The Balaban J connectivity index is 1.86. The molecule has 10 heteroatoms. The van der Waals surface area contributed by atoms with Gasteiger partial charge in [0, 0.05) is 40.4 Å². The van der Waals surface area contributed by atoms with Gasteiger partial charge in [0.2, 0.25) is 0 Å². The van der Waals surface area contributed by atoms with Gasteiger partial charge in [0.15, 0.2) is 11.6 Å². The summed E-state index contributed by atoms with van der Waals surface area (Å²) in [7, 11) is -2.57. The molecule has 0 saturated heterocycles. The molecule has 0 spiro atoms. The predicted molar refractivity (Wildman–Crippen MR) is 131 cm³/mol. The van der Waals surface area contributed by atoms with E-state index in [9.17, 15) is 22.5 Å². The second-order valence-corrected chi connectivity index (χ2v) is 11.0. The second kappa shape index (κ2) is 9.53. The zero-order chi connectivity index (χ0) is 25.5. The minimum absolute atomic E-state index is 0.0696. The van der Waals surface area contributed by atoms with Crippen molar-refractivity contribution in [1.82, 2.24) is 10.3 Å². The Morgan fingerprint density at radius 3 is 2.34 bits per heavy atom. The number of rotatable bonds is 6. The number of carbonyl (C=O) groups excluding carboxylic acids is 1. The lowest BCUT2D eigenvalue weighted by Crippen LogP contribution is -2.30. The molecule has 35 heavy (non-hydrogen) atoms. The van der Waals surface area contributed by atoms with Crippen LogP contribution in [0.5, 0.6) is 0 Å². The van der Waals surface area contributed by atoms with Gasteiger partial charge in [-0.1, -0.05) is 28.8 Å². The molecule has 4 aromatic rings. The van der Waals surface area contributed by atoms with Crippen LogP contribution in [0.2, 0.25) is 5.02 Å². The number of hydrogen-bond acceptors (Lipinski definition) is 3. The van der Waals surface area contributed by atoms with Crippen LogP contribution in [0, 0.1) is 31.3 Å². The number of amides is 1. The topological polar surface area (TPSA) is 71.2 Å². The Bertz CT molecular complexity index is 1500. The minimum atomic E-state index is -3.85. The van der Waals surface area contributed by atoms with E-state index in [2.05, 4.69) is 10.3 Å². The first-order chi connectivity index (χ1) is 16.5. The Kier molecular flexibility index (Phi) is 6.82. The molecule has 1 aromatic heterocycles. The lowest BCUT2D eigenvalue weighted by Gasteiger charge is -2.19. The van der Waals surface area contributed by atoms with E-state index in [1.807, 2.05) is 19.9 Å². The first-order valence-corrected chi connectivity index (χ1v) is 12.5. The lowest BCUT2D eigenvalue weighted by molar-refractivity contribution is 0.0947. The highest BCUT2D eigenvalue weighted by Crippen LogP contribution is 2.47. The molecule has 0 aliphatic carbocycles. The number of halogens is 4. The summed E-state index contributed by atoms with van der Waals surface area (Å²) in [5.41, 5.74) is 1.39. The molecule has 1 amide bonds. The molecule has 0 saturated carbocycles. The summed E-state index contributed by atoms with van der Waals surface area (Å²) in [6, 6.07) is 11.5. The van der Waals surface area contributed by atoms with Crippen LogP contribution in [0.1, 0.15) is 27.2 Å². The average molecular weight is 521 g/mol. The van der Waals surface area contributed by atoms with Crippen LogP contribution in [0.15, 0.2) is 48.5 Å². The van der Waals surface area contributed by atoms with Gasteiger partial charge < -0.3 is 14.8 Å². The number of nitrogens with one attached hydrogen (secondary N) is 2. The van der Waals surface area contributed by atoms with Crippen molar-refractivity contribution in [3.05, 3.63) is 93.4 Å². The molecule has 2 N–H and O–H groups in total. The van der Waals surface area contributed by atoms with E-state index >= 15 is 0 Å². The number of aromatic amines is 1. The van der Waals surface area contributed by atoms with Crippen molar-refractivity contribution in [2.75, 3.05) is 7.11 Å². The maximum absolute atomic E-state index is 14.4. The molecular formula is C25H21ClF3N2O3P. The van der Waals surface area contributed by atoms with Gasteiger partial charge in [-0.05, 0) is 56.3 Å². The summed E-state index contributed by atoms with van der Waals surface area (Å²) < 4.78 is 61.7. The fraction of sp³-hybridized carbons (Fsp3) is 0.160. The van der Waals surface area contributed by atoms with Crippen molar-refractivity contribution in [2.45, 2.75) is 20.4 Å². The third-order valence-electron chi connectivity index (χ3n) is 5.62. The zero-order valence-corrected chi connectivity index (χ0v) is 20.7. The predicted octanol–water partition coefficient (Wildman–Crippen LogP) is 5.66. The summed E-state index contributed by atoms with van der Waals surface area (Å²) in [6.07, 6.45) is 0. The van der Waals surface area contributed by atoms with Crippen molar-refractivity contribution in [1.29, 1.82) is 0 Å². The van der Waals surface area contributed by atoms with Crippen LogP contribution in [-0.2, 0) is 15.6 Å². The SMILES string of the molecule is COP(=O)(c1cc(C)cc(C)c1)c1c(C(=O)NCc2c(F)ccc(F)c2F)[nH]c2ccc(Cl)cc12. The molecule has 1 atom stereocenters. The molecule has 1 unspecified atom stereocenters. The van der Waals surface area contributed by atoms with Crippen LogP contribution >= 0.6 is 19.0 Å². The molecule has 0 aliphatic rings. The van der Waals surface area contributed by atoms with Gasteiger partial charge in [-0.3, -0.25) is 9.36 Å². The van der Waals surface area contributed by atoms with Gasteiger partial charge in [0.05, 0.1) is 5.30 Å². The molecule has 4 rings (SSSR count). The van der Waals surface area contributed by atoms with Gasteiger partial charge in [-0.25, -0.2) is 13.2 Å². The van der Waals surface area contributed by atoms with E-state index in [-0.39, 0.29) is 11.0 Å². The van der Waals surface area contributed by atoms with Crippen molar-refractivity contribution in [2.24, 2.45) is 0 Å². The maximum Gasteiger partial charge on any atom is 0.268 e. The average Bonchev–Trinajstić information content (AvgIpc) is 3.19. The molecule has 0 bridgehead atoms. The molecule has 182 valence electrons. The van der Waals surface area contributed by atoms with E-state index < -0.39 is 42.8 Å². The Morgan fingerprint density at radius 2 is 1.69 bits per heavy atom. The fourth-order valence-electron chi connectivity index (χ4n) is 4.05. The fourth-order valence-corrected chi connectivity index (χ4v) is 6.58. The first kappa shape index (κ1) is 25.0. The van der Waals surface area contributed by atoms with Crippen molar-refractivity contribution < 1.29 is 27.1 Å². The van der Waals surface area contributed by atoms with Gasteiger partial charge >= 0.3 is 0 Å². The van der Waals surface area contributed by atoms with Gasteiger partial charge in [0.25, 0.3) is 13.3 Å². The van der Waals surface area contributed by atoms with Gasteiger partial charge in [-0.15, -0.1) is 0 Å². The van der Waals surface area contributed by atoms with Crippen LogP contribution in [-0.4, -0.2) is 18.0 Å².